The Morgan fingerprint density at radius 1 is 1.44 bits per heavy atom. The van der Waals surface area contributed by atoms with E-state index < -0.39 is 5.79 Å². The summed E-state index contributed by atoms with van der Waals surface area (Å²) in [5.41, 5.74) is 0.324. The van der Waals surface area contributed by atoms with Crippen molar-refractivity contribution in [3.63, 3.8) is 0 Å². The number of likely N-dealkylation sites (tertiary alicyclic amines) is 1. The molecule has 1 N–H and O–H groups in total. The fourth-order valence-electron chi connectivity index (χ4n) is 3.12. The maximum absolute atomic E-state index is 9.21. The highest BCUT2D eigenvalue weighted by molar-refractivity contribution is 5.30. The van der Waals surface area contributed by atoms with E-state index in [1.165, 1.54) is 0 Å². The smallest absolute Gasteiger partial charge is 0.163 e. The quantitative estimate of drug-likeness (QED) is 0.597. The Hall–Kier alpha value is -1.09. The minimum Gasteiger partial charge on any atom is -0.514 e. The first-order chi connectivity index (χ1) is 8.45. The summed E-state index contributed by atoms with van der Waals surface area (Å²) in [7, 11) is 1.94. The van der Waals surface area contributed by atoms with Gasteiger partial charge in [-0.05, 0) is 27.3 Å². The van der Waals surface area contributed by atoms with Crippen LogP contribution >= 0.6 is 0 Å². The molecule has 0 spiro atoms. The van der Waals surface area contributed by atoms with Crippen molar-refractivity contribution in [2.75, 3.05) is 7.05 Å². The van der Waals surface area contributed by atoms with Crippen LogP contribution in [0.3, 0.4) is 0 Å². The zero-order valence-electron chi connectivity index (χ0n) is 11.3. The highest BCUT2D eigenvalue weighted by atomic mass is 16.8. The number of hydrogen-bond donors (Lipinski definition) is 1. The van der Waals surface area contributed by atoms with E-state index in [0.29, 0.717) is 5.57 Å². The van der Waals surface area contributed by atoms with Crippen LogP contribution in [-0.2, 0) is 9.47 Å². The van der Waals surface area contributed by atoms with E-state index >= 15 is 0 Å². The van der Waals surface area contributed by atoms with E-state index in [2.05, 4.69) is 11.8 Å². The molecule has 4 unspecified atom stereocenters. The number of likely N-dealkylation sites (N-methyl/N-ethyl adjacent to an activating group) is 1. The standard InChI is InChI=1S/C13H20N2O3/c1-5-9-11-12(18-13(2,3)17-11)10(15(9)4)8(6-14)7-16/h7,9-12,16H,5H2,1-4H3/b8-7+. The average Bonchev–Trinajstić information content (AvgIpc) is 2.73. The summed E-state index contributed by atoms with van der Waals surface area (Å²) >= 11 is 0. The lowest BCUT2D eigenvalue weighted by molar-refractivity contribution is -0.164. The Bertz CT molecular complexity index is 400. The molecule has 5 heteroatoms. The number of ether oxygens (including phenoxy) is 2. The number of aliphatic hydroxyl groups is 1. The third kappa shape index (κ3) is 1.91. The average molecular weight is 252 g/mol. The molecule has 0 aromatic heterocycles. The van der Waals surface area contributed by atoms with Crippen LogP contribution < -0.4 is 0 Å². The molecular formula is C13H20N2O3. The van der Waals surface area contributed by atoms with Gasteiger partial charge in [0, 0.05) is 6.04 Å². The van der Waals surface area contributed by atoms with Crippen molar-refractivity contribution in [2.24, 2.45) is 0 Å². The van der Waals surface area contributed by atoms with Crippen molar-refractivity contribution in [3.8, 4) is 6.07 Å². The Morgan fingerprint density at radius 2 is 2.06 bits per heavy atom. The highest BCUT2D eigenvalue weighted by Gasteiger charge is 2.57. The molecule has 2 heterocycles. The van der Waals surface area contributed by atoms with Gasteiger partial charge in [0.25, 0.3) is 0 Å². The lowest BCUT2D eigenvalue weighted by Crippen LogP contribution is -2.40. The third-order valence-electron chi connectivity index (χ3n) is 3.82. The monoisotopic (exact) mass is 252 g/mol. The first-order valence-electron chi connectivity index (χ1n) is 6.27. The number of nitrogens with zero attached hydrogens (tertiary/aromatic N) is 2. The van der Waals surface area contributed by atoms with Crippen LogP contribution in [0, 0.1) is 11.3 Å². The van der Waals surface area contributed by atoms with Crippen molar-refractivity contribution in [2.45, 2.75) is 57.3 Å². The first kappa shape index (κ1) is 13.3. The summed E-state index contributed by atoms with van der Waals surface area (Å²) in [6.07, 6.45) is 1.54. The molecule has 2 fully saturated rings. The van der Waals surface area contributed by atoms with Crippen molar-refractivity contribution < 1.29 is 14.6 Å². The molecule has 2 aliphatic heterocycles. The van der Waals surface area contributed by atoms with Crippen LogP contribution in [0.15, 0.2) is 11.8 Å². The molecule has 2 rings (SSSR count). The second kappa shape index (κ2) is 4.54. The topological polar surface area (TPSA) is 65.7 Å². The molecule has 2 aliphatic rings. The first-order valence-corrected chi connectivity index (χ1v) is 6.27. The Labute approximate surface area is 108 Å². The fraction of sp³-hybridized carbons (Fsp3) is 0.769. The molecule has 18 heavy (non-hydrogen) atoms. The molecule has 5 nitrogen and oxygen atoms in total. The summed E-state index contributed by atoms with van der Waals surface area (Å²) in [4.78, 5) is 2.07. The Kier molecular flexibility index (Phi) is 3.37. The summed E-state index contributed by atoms with van der Waals surface area (Å²) in [6, 6.07) is 2.00. The molecule has 0 amide bonds. The van der Waals surface area contributed by atoms with Crippen LogP contribution in [0.4, 0.5) is 0 Å². The largest absolute Gasteiger partial charge is 0.514 e. The Balaban J connectivity index is 2.34. The fourth-order valence-corrected chi connectivity index (χ4v) is 3.12. The van der Waals surface area contributed by atoms with Crippen LogP contribution in [0.2, 0.25) is 0 Å². The van der Waals surface area contributed by atoms with Crippen molar-refractivity contribution in [1.29, 1.82) is 5.26 Å². The summed E-state index contributed by atoms with van der Waals surface area (Å²) in [5.74, 6) is -0.627. The SMILES string of the molecule is CCC1C2OC(C)(C)OC2C(/C(C#N)=C/O)N1C. The van der Waals surface area contributed by atoms with E-state index in [0.717, 1.165) is 12.7 Å². The van der Waals surface area contributed by atoms with Crippen molar-refractivity contribution >= 4 is 0 Å². The van der Waals surface area contributed by atoms with Gasteiger partial charge in [-0.15, -0.1) is 0 Å². The second-order valence-electron chi connectivity index (χ2n) is 5.35. The maximum Gasteiger partial charge on any atom is 0.163 e. The molecule has 0 aromatic carbocycles. The lowest BCUT2D eigenvalue weighted by atomic mass is 10.0. The molecule has 0 saturated carbocycles. The number of fused-ring (bicyclic) bond motifs is 1. The number of rotatable bonds is 2. The van der Waals surface area contributed by atoms with Gasteiger partial charge in [0.15, 0.2) is 5.79 Å². The minimum atomic E-state index is -0.627. The van der Waals surface area contributed by atoms with Gasteiger partial charge in [0.2, 0.25) is 0 Å². The van der Waals surface area contributed by atoms with E-state index in [4.69, 9.17) is 14.7 Å². The summed E-state index contributed by atoms with van der Waals surface area (Å²) in [5, 5.41) is 18.3. The molecule has 0 bridgehead atoms. The third-order valence-corrected chi connectivity index (χ3v) is 3.82. The lowest BCUT2D eigenvalue weighted by Gasteiger charge is -2.30. The van der Waals surface area contributed by atoms with Crippen molar-refractivity contribution in [1.82, 2.24) is 4.90 Å². The second-order valence-corrected chi connectivity index (χ2v) is 5.35. The van der Waals surface area contributed by atoms with Gasteiger partial charge in [-0.25, -0.2) is 0 Å². The summed E-state index contributed by atoms with van der Waals surface area (Å²) < 4.78 is 11.8. The molecule has 0 aliphatic carbocycles. The Morgan fingerprint density at radius 3 is 2.56 bits per heavy atom. The van der Waals surface area contributed by atoms with Gasteiger partial charge >= 0.3 is 0 Å². The van der Waals surface area contributed by atoms with Crippen LogP contribution in [0.5, 0.6) is 0 Å². The minimum absolute atomic E-state index is 0.0525. The van der Waals surface area contributed by atoms with Gasteiger partial charge in [-0.3, -0.25) is 4.90 Å². The summed E-state index contributed by atoms with van der Waals surface area (Å²) in [6.45, 7) is 5.84. The van der Waals surface area contributed by atoms with Gasteiger partial charge in [0.05, 0.1) is 23.9 Å². The van der Waals surface area contributed by atoms with Crippen LogP contribution in [0.1, 0.15) is 27.2 Å². The molecule has 0 aromatic rings. The van der Waals surface area contributed by atoms with Crippen molar-refractivity contribution in [3.05, 3.63) is 11.8 Å². The van der Waals surface area contributed by atoms with E-state index in [-0.39, 0.29) is 24.3 Å². The number of aliphatic hydroxyl groups excluding tert-OH is 1. The zero-order chi connectivity index (χ0) is 13.5. The highest BCUT2D eigenvalue weighted by Crippen LogP contribution is 2.42. The van der Waals surface area contributed by atoms with Crippen LogP contribution in [-0.4, -0.2) is 47.1 Å². The van der Waals surface area contributed by atoms with Crippen LogP contribution in [0.25, 0.3) is 0 Å². The zero-order valence-corrected chi connectivity index (χ0v) is 11.3. The molecule has 0 radical (unpaired) electrons. The normalized spacial score (nSPS) is 39.6. The van der Waals surface area contributed by atoms with Gasteiger partial charge in [-0.2, -0.15) is 5.26 Å². The predicted molar refractivity (Wildman–Crippen MR) is 65.8 cm³/mol. The van der Waals surface area contributed by atoms with Gasteiger partial charge in [0.1, 0.15) is 12.2 Å². The van der Waals surface area contributed by atoms with Gasteiger partial charge < -0.3 is 14.6 Å². The van der Waals surface area contributed by atoms with Gasteiger partial charge in [-0.1, -0.05) is 6.92 Å². The molecule has 4 atom stereocenters. The molecule has 2 saturated heterocycles. The molecule has 100 valence electrons. The number of hydrogen-bond acceptors (Lipinski definition) is 5. The molecular weight excluding hydrogens is 232 g/mol. The number of nitriles is 1. The van der Waals surface area contributed by atoms with E-state index in [1.54, 1.807) is 0 Å². The van der Waals surface area contributed by atoms with E-state index in [9.17, 15) is 5.11 Å². The van der Waals surface area contributed by atoms with E-state index in [1.807, 2.05) is 27.0 Å². The predicted octanol–water partition coefficient (Wildman–Crippen LogP) is 1.56. The maximum atomic E-state index is 9.21.